The molecule has 3 aromatic carbocycles. The Bertz CT molecular complexity index is 1090. The predicted molar refractivity (Wildman–Crippen MR) is 107 cm³/mol. The minimum Gasteiger partial charge on any atom is -0.304 e. The van der Waals surface area contributed by atoms with Crippen molar-refractivity contribution in [3.05, 3.63) is 105 Å². The summed E-state index contributed by atoms with van der Waals surface area (Å²) in [6, 6.07) is 27.9. The molecule has 0 radical (unpaired) electrons. The Hall–Kier alpha value is -2.65. The summed E-state index contributed by atoms with van der Waals surface area (Å²) in [7, 11) is 0. The molecule has 0 aliphatic rings. The average Bonchev–Trinajstić information content (AvgIpc) is 2.65. The topological polar surface area (TPSA) is 22.0 Å². The molecule has 0 N–H and O–H groups in total. The summed E-state index contributed by atoms with van der Waals surface area (Å²) in [5.41, 5.74) is 4.08. The number of hydrogen-bond acceptors (Lipinski definition) is 1. The van der Waals surface area contributed by atoms with Crippen LogP contribution >= 0.6 is 15.9 Å². The fourth-order valence-corrected chi connectivity index (χ4v) is 3.50. The Morgan fingerprint density at radius 2 is 1.48 bits per heavy atom. The molecule has 0 amide bonds. The van der Waals surface area contributed by atoms with Crippen molar-refractivity contribution < 1.29 is 0 Å². The third-order valence-corrected chi connectivity index (χ3v) is 4.83. The molecule has 0 saturated heterocycles. The van der Waals surface area contributed by atoms with Gasteiger partial charge in [-0.3, -0.25) is 4.79 Å². The standard InChI is InChI=1S/C22H16BrNO/c23-18-11-12-21-20(13-18)19(17-9-5-2-6-10-17)14-22(25)24(21)15-16-7-3-1-4-8-16/h1-14H,15H2. The van der Waals surface area contributed by atoms with Crippen molar-refractivity contribution in [1.82, 2.24) is 4.57 Å². The van der Waals surface area contributed by atoms with Gasteiger partial charge in [-0.1, -0.05) is 76.6 Å². The summed E-state index contributed by atoms with van der Waals surface area (Å²) in [5.74, 6) is 0. The van der Waals surface area contributed by atoms with Crippen molar-refractivity contribution in [2.45, 2.75) is 6.54 Å². The van der Waals surface area contributed by atoms with Crippen molar-refractivity contribution in [2.24, 2.45) is 0 Å². The molecule has 4 aromatic rings. The molecule has 1 heterocycles. The van der Waals surface area contributed by atoms with E-state index < -0.39 is 0 Å². The Kier molecular flexibility index (Phi) is 4.24. The molecule has 0 unspecified atom stereocenters. The number of hydrogen-bond donors (Lipinski definition) is 0. The second-order valence-electron chi connectivity index (χ2n) is 6.00. The van der Waals surface area contributed by atoms with Crippen LogP contribution in [0.25, 0.3) is 22.0 Å². The summed E-state index contributed by atoms with van der Waals surface area (Å²) in [6.45, 7) is 0.562. The molecule has 0 saturated carbocycles. The molecular weight excluding hydrogens is 374 g/mol. The van der Waals surface area contributed by atoms with Crippen LogP contribution in [0.4, 0.5) is 0 Å². The van der Waals surface area contributed by atoms with Crippen molar-refractivity contribution >= 4 is 26.8 Å². The number of rotatable bonds is 3. The monoisotopic (exact) mass is 389 g/mol. The van der Waals surface area contributed by atoms with Gasteiger partial charge in [-0.25, -0.2) is 0 Å². The van der Waals surface area contributed by atoms with Crippen LogP contribution in [-0.2, 0) is 6.54 Å². The van der Waals surface area contributed by atoms with Gasteiger partial charge in [0.25, 0.3) is 5.56 Å². The van der Waals surface area contributed by atoms with Crippen molar-refractivity contribution in [3.63, 3.8) is 0 Å². The van der Waals surface area contributed by atoms with Crippen LogP contribution in [0, 0.1) is 0 Å². The number of benzene rings is 3. The smallest absolute Gasteiger partial charge is 0.251 e. The van der Waals surface area contributed by atoms with Gasteiger partial charge in [-0.2, -0.15) is 0 Å². The second-order valence-corrected chi connectivity index (χ2v) is 6.91. The lowest BCUT2D eigenvalue weighted by Gasteiger charge is -2.14. The maximum absolute atomic E-state index is 12.9. The Morgan fingerprint density at radius 3 is 2.20 bits per heavy atom. The van der Waals surface area contributed by atoms with Crippen LogP contribution in [0.1, 0.15) is 5.56 Å². The van der Waals surface area contributed by atoms with Crippen LogP contribution < -0.4 is 5.56 Å². The van der Waals surface area contributed by atoms with Crippen LogP contribution in [0.5, 0.6) is 0 Å². The quantitative estimate of drug-likeness (QED) is 0.454. The third-order valence-electron chi connectivity index (χ3n) is 4.34. The molecule has 0 atom stereocenters. The molecule has 2 nitrogen and oxygen atoms in total. The van der Waals surface area contributed by atoms with E-state index in [1.807, 2.05) is 77.4 Å². The zero-order valence-electron chi connectivity index (χ0n) is 13.5. The maximum Gasteiger partial charge on any atom is 0.251 e. The zero-order valence-corrected chi connectivity index (χ0v) is 15.1. The van der Waals surface area contributed by atoms with Crippen LogP contribution in [0.3, 0.4) is 0 Å². The van der Waals surface area contributed by atoms with Crippen LogP contribution in [0.15, 0.2) is 94.2 Å². The predicted octanol–water partition coefficient (Wildman–Crippen LogP) is 5.48. The Morgan fingerprint density at radius 1 is 0.800 bits per heavy atom. The van der Waals surface area contributed by atoms with E-state index in [2.05, 4.69) is 22.0 Å². The maximum atomic E-state index is 12.9. The van der Waals surface area contributed by atoms with E-state index in [1.165, 1.54) is 0 Å². The van der Waals surface area contributed by atoms with Gasteiger partial charge in [0.1, 0.15) is 0 Å². The third kappa shape index (κ3) is 3.15. The number of fused-ring (bicyclic) bond motifs is 1. The van der Waals surface area contributed by atoms with E-state index in [4.69, 9.17) is 0 Å². The van der Waals surface area contributed by atoms with E-state index in [0.717, 1.165) is 32.1 Å². The highest BCUT2D eigenvalue weighted by molar-refractivity contribution is 9.10. The molecule has 3 heteroatoms. The summed E-state index contributed by atoms with van der Waals surface area (Å²) in [4.78, 5) is 12.9. The number of nitrogens with zero attached hydrogens (tertiary/aromatic N) is 1. The first-order chi connectivity index (χ1) is 12.2. The molecule has 0 bridgehead atoms. The summed E-state index contributed by atoms with van der Waals surface area (Å²) >= 11 is 3.56. The summed E-state index contributed by atoms with van der Waals surface area (Å²) in [5, 5.41) is 1.07. The largest absolute Gasteiger partial charge is 0.304 e. The van der Waals surface area contributed by atoms with Gasteiger partial charge >= 0.3 is 0 Å². The Labute approximate surface area is 154 Å². The van der Waals surface area contributed by atoms with Crippen molar-refractivity contribution in [1.29, 1.82) is 0 Å². The number of aromatic nitrogens is 1. The molecule has 0 aliphatic carbocycles. The van der Waals surface area contributed by atoms with Crippen molar-refractivity contribution in [2.75, 3.05) is 0 Å². The highest BCUT2D eigenvalue weighted by Gasteiger charge is 2.11. The van der Waals surface area contributed by atoms with Gasteiger partial charge < -0.3 is 4.57 Å². The molecule has 122 valence electrons. The van der Waals surface area contributed by atoms with Crippen LogP contribution in [-0.4, -0.2) is 4.57 Å². The first kappa shape index (κ1) is 15.9. The highest BCUT2D eigenvalue weighted by Crippen LogP contribution is 2.29. The minimum atomic E-state index is 0.0116. The Balaban J connectivity index is 1.97. The first-order valence-corrected chi connectivity index (χ1v) is 8.94. The van der Waals surface area contributed by atoms with Gasteiger partial charge in [0, 0.05) is 15.9 Å². The normalized spacial score (nSPS) is 10.9. The fourth-order valence-electron chi connectivity index (χ4n) is 3.14. The van der Waals surface area contributed by atoms with Crippen LogP contribution in [0.2, 0.25) is 0 Å². The van der Waals surface area contributed by atoms with Gasteiger partial charge in [0.2, 0.25) is 0 Å². The first-order valence-electron chi connectivity index (χ1n) is 8.15. The molecule has 0 aliphatic heterocycles. The lowest BCUT2D eigenvalue weighted by molar-refractivity contribution is 0.795. The lowest BCUT2D eigenvalue weighted by Crippen LogP contribution is -2.20. The highest BCUT2D eigenvalue weighted by atomic mass is 79.9. The molecule has 25 heavy (non-hydrogen) atoms. The summed E-state index contributed by atoms with van der Waals surface area (Å²) < 4.78 is 2.84. The molecule has 0 fully saturated rings. The zero-order chi connectivity index (χ0) is 17.2. The number of pyridine rings is 1. The minimum absolute atomic E-state index is 0.0116. The van der Waals surface area contributed by atoms with E-state index in [-0.39, 0.29) is 5.56 Å². The van der Waals surface area contributed by atoms with E-state index >= 15 is 0 Å². The molecule has 1 aromatic heterocycles. The number of halogens is 1. The fraction of sp³-hybridized carbons (Fsp3) is 0.0455. The van der Waals surface area contributed by atoms with Gasteiger partial charge in [-0.05, 0) is 34.9 Å². The van der Waals surface area contributed by atoms with Gasteiger partial charge in [-0.15, -0.1) is 0 Å². The van der Waals surface area contributed by atoms with Gasteiger partial charge in [0.15, 0.2) is 0 Å². The summed E-state index contributed by atoms with van der Waals surface area (Å²) in [6.07, 6.45) is 0. The molecular formula is C22H16BrNO. The second kappa shape index (κ2) is 6.69. The average molecular weight is 390 g/mol. The molecule has 4 rings (SSSR count). The molecule has 0 spiro atoms. The van der Waals surface area contributed by atoms with E-state index in [0.29, 0.717) is 6.54 Å². The van der Waals surface area contributed by atoms with E-state index in [1.54, 1.807) is 6.07 Å². The van der Waals surface area contributed by atoms with Gasteiger partial charge in [0.05, 0.1) is 12.1 Å². The SMILES string of the molecule is O=c1cc(-c2ccccc2)c2cc(Br)ccc2n1Cc1ccccc1. The lowest BCUT2D eigenvalue weighted by atomic mass is 10.0. The van der Waals surface area contributed by atoms with Crippen molar-refractivity contribution in [3.8, 4) is 11.1 Å². The van der Waals surface area contributed by atoms with E-state index in [9.17, 15) is 4.79 Å².